The Morgan fingerprint density at radius 1 is 1.60 bits per heavy atom. The van der Waals surface area contributed by atoms with E-state index in [9.17, 15) is 4.79 Å². The van der Waals surface area contributed by atoms with E-state index in [4.69, 9.17) is 0 Å². The van der Waals surface area contributed by atoms with Crippen molar-refractivity contribution in [3.05, 3.63) is 0 Å². The Morgan fingerprint density at radius 2 is 2.33 bits per heavy atom. The van der Waals surface area contributed by atoms with Gasteiger partial charge in [0.25, 0.3) is 0 Å². The number of hydrogen-bond acceptors (Lipinski definition) is 3. The van der Waals surface area contributed by atoms with Crippen molar-refractivity contribution in [2.24, 2.45) is 5.92 Å². The predicted octanol–water partition coefficient (Wildman–Crippen LogP) is 0.0523. The Morgan fingerprint density at radius 3 is 2.87 bits per heavy atom. The molecule has 4 heteroatoms. The van der Waals surface area contributed by atoms with Crippen molar-refractivity contribution >= 4 is 5.91 Å². The zero-order valence-electron chi connectivity index (χ0n) is 10.0. The first-order valence-corrected chi connectivity index (χ1v) is 5.80. The van der Waals surface area contributed by atoms with Gasteiger partial charge in [-0.15, -0.1) is 0 Å². The lowest BCUT2D eigenvalue weighted by Gasteiger charge is -2.21. The lowest BCUT2D eigenvalue weighted by Crippen LogP contribution is -2.39. The Bertz CT molecular complexity index is 200. The zero-order valence-corrected chi connectivity index (χ0v) is 10.0. The topological polar surface area (TPSA) is 44.4 Å². The molecule has 88 valence electrons. The Hall–Kier alpha value is -0.610. The summed E-state index contributed by atoms with van der Waals surface area (Å²) in [6, 6.07) is 0.537. The normalized spacial score (nSPS) is 21.3. The molecular formula is C11H23N3O. The zero-order chi connectivity index (χ0) is 11.3. The van der Waals surface area contributed by atoms with E-state index in [0.29, 0.717) is 6.04 Å². The summed E-state index contributed by atoms with van der Waals surface area (Å²) in [6.45, 7) is 7.80. The molecule has 15 heavy (non-hydrogen) atoms. The highest BCUT2D eigenvalue weighted by Gasteiger charge is 2.21. The second-order valence-electron chi connectivity index (χ2n) is 4.56. The molecule has 1 unspecified atom stereocenters. The van der Waals surface area contributed by atoms with Crippen molar-refractivity contribution in [2.45, 2.75) is 26.3 Å². The molecule has 0 aromatic heterocycles. The molecule has 1 aliphatic heterocycles. The second kappa shape index (κ2) is 6.08. The van der Waals surface area contributed by atoms with Crippen molar-refractivity contribution in [1.82, 2.24) is 15.5 Å². The summed E-state index contributed by atoms with van der Waals surface area (Å²) in [6.07, 6.45) is 0.978. The average Bonchev–Trinajstić information content (AvgIpc) is 2.70. The van der Waals surface area contributed by atoms with E-state index in [1.54, 1.807) is 0 Å². The fourth-order valence-corrected chi connectivity index (χ4v) is 1.64. The molecule has 0 aromatic rings. The van der Waals surface area contributed by atoms with Crippen LogP contribution in [0.2, 0.25) is 0 Å². The van der Waals surface area contributed by atoms with Gasteiger partial charge in [0, 0.05) is 25.7 Å². The molecule has 0 bridgehead atoms. The number of carbonyl (C=O) groups excluding carboxylic acids is 1. The van der Waals surface area contributed by atoms with Crippen LogP contribution in [0.1, 0.15) is 20.3 Å². The molecule has 0 radical (unpaired) electrons. The molecule has 2 N–H and O–H groups in total. The fourth-order valence-electron chi connectivity index (χ4n) is 1.64. The van der Waals surface area contributed by atoms with E-state index in [1.807, 2.05) is 0 Å². The van der Waals surface area contributed by atoms with Crippen LogP contribution >= 0.6 is 0 Å². The van der Waals surface area contributed by atoms with Gasteiger partial charge in [-0.1, -0.05) is 0 Å². The molecule has 1 aliphatic rings. The van der Waals surface area contributed by atoms with E-state index >= 15 is 0 Å². The van der Waals surface area contributed by atoms with Crippen molar-refractivity contribution < 1.29 is 4.79 Å². The first-order chi connectivity index (χ1) is 7.11. The SMILES string of the molecule is CC(C)N(C)CCNC(=O)C1CCNC1. The van der Waals surface area contributed by atoms with Gasteiger partial charge in [-0.05, 0) is 33.9 Å². The number of nitrogens with zero attached hydrogens (tertiary/aromatic N) is 1. The lowest BCUT2D eigenvalue weighted by molar-refractivity contribution is -0.124. The first kappa shape index (κ1) is 12.5. The first-order valence-electron chi connectivity index (χ1n) is 5.80. The maximum atomic E-state index is 11.6. The minimum absolute atomic E-state index is 0.189. The summed E-state index contributed by atoms with van der Waals surface area (Å²) in [4.78, 5) is 13.9. The van der Waals surface area contributed by atoms with Crippen LogP contribution in [0.15, 0.2) is 0 Å². The molecule has 1 rings (SSSR count). The van der Waals surface area contributed by atoms with Gasteiger partial charge in [0.15, 0.2) is 0 Å². The van der Waals surface area contributed by atoms with E-state index in [1.165, 1.54) is 0 Å². The maximum absolute atomic E-state index is 11.6. The summed E-state index contributed by atoms with van der Waals surface area (Å²) in [5, 5.41) is 6.19. The van der Waals surface area contributed by atoms with Gasteiger partial charge in [-0.2, -0.15) is 0 Å². The molecule has 1 atom stereocenters. The van der Waals surface area contributed by atoms with Gasteiger partial charge in [-0.3, -0.25) is 4.79 Å². The lowest BCUT2D eigenvalue weighted by atomic mass is 10.1. The van der Waals surface area contributed by atoms with Crippen molar-refractivity contribution in [3.63, 3.8) is 0 Å². The number of hydrogen-bond donors (Lipinski definition) is 2. The van der Waals surface area contributed by atoms with Gasteiger partial charge in [0.05, 0.1) is 5.92 Å². The Labute approximate surface area is 92.4 Å². The standard InChI is InChI=1S/C11H23N3O/c1-9(2)14(3)7-6-13-11(15)10-4-5-12-8-10/h9-10,12H,4-8H2,1-3H3,(H,13,15). The Balaban J connectivity index is 2.11. The van der Waals surface area contributed by atoms with Gasteiger partial charge < -0.3 is 15.5 Å². The third-order valence-corrected chi connectivity index (χ3v) is 3.08. The van der Waals surface area contributed by atoms with Crippen LogP contribution in [0.4, 0.5) is 0 Å². The number of carbonyl (C=O) groups is 1. The third kappa shape index (κ3) is 4.18. The van der Waals surface area contributed by atoms with E-state index in [-0.39, 0.29) is 11.8 Å². The maximum Gasteiger partial charge on any atom is 0.224 e. The summed E-state index contributed by atoms with van der Waals surface area (Å²) in [7, 11) is 2.08. The van der Waals surface area contributed by atoms with E-state index < -0.39 is 0 Å². The molecule has 1 heterocycles. The fraction of sp³-hybridized carbons (Fsp3) is 0.909. The summed E-state index contributed by atoms with van der Waals surface area (Å²) >= 11 is 0. The number of nitrogens with one attached hydrogen (secondary N) is 2. The molecule has 4 nitrogen and oxygen atoms in total. The van der Waals surface area contributed by atoms with Gasteiger partial charge in [0.1, 0.15) is 0 Å². The van der Waals surface area contributed by atoms with Crippen LogP contribution in [-0.2, 0) is 4.79 Å². The Kier molecular flexibility index (Phi) is 5.05. The van der Waals surface area contributed by atoms with Gasteiger partial charge in [0.2, 0.25) is 5.91 Å². The van der Waals surface area contributed by atoms with Crippen LogP contribution < -0.4 is 10.6 Å². The third-order valence-electron chi connectivity index (χ3n) is 3.08. The summed E-state index contributed by atoms with van der Waals surface area (Å²) in [5.41, 5.74) is 0. The average molecular weight is 213 g/mol. The number of likely N-dealkylation sites (N-methyl/N-ethyl adjacent to an activating group) is 1. The molecule has 1 saturated heterocycles. The van der Waals surface area contributed by atoms with E-state index in [2.05, 4.69) is 36.4 Å². The highest BCUT2D eigenvalue weighted by atomic mass is 16.1. The van der Waals surface area contributed by atoms with E-state index in [0.717, 1.165) is 32.6 Å². The monoisotopic (exact) mass is 213 g/mol. The number of rotatable bonds is 5. The molecule has 0 aromatic carbocycles. The second-order valence-corrected chi connectivity index (χ2v) is 4.56. The molecule has 0 saturated carbocycles. The predicted molar refractivity (Wildman–Crippen MR) is 61.8 cm³/mol. The van der Waals surface area contributed by atoms with Crippen molar-refractivity contribution in [2.75, 3.05) is 33.2 Å². The molecule has 0 aliphatic carbocycles. The van der Waals surface area contributed by atoms with Crippen LogP contribution in [0.3, 0.4) is 0 Å². The highest BCUT2D eigenvalue weighted by Crippen LogP contribution is 2.06. The highest BCUT2D eigenvalue weighted by molar-refractivity contribution is 5.79. The van der Waals surface area contributed by atoms with Crippen molar-refractivity contribution in [3.8, 4) is 0 Å². The van der Waals surface area contributed by atoms with Gasteiger partial charge >= 0.3 is 0 Å². The summed E-state index contributed by atoms with van der Waals surface area (Å²) < 4.78 is 0. The quantitative estimate of drug-likeness (QED) is 0.678. The van der Waals surface area contributed by atoms with Crippen LogP contribution in [0, 0.1) is 5.92 Å². The smallest absolute Gasteiger partial charge is 0.224 e. The molecular weight excluding hydrogens is 190 g/mol. The minimum atomic E-state index is 0.189. The molecule has 1 fully saturated rings. The molecule has 1 amide bonds. The van der Waals surface area contributed by atoms with Crippen LogP contribution in [-0.4, -0.2) is 50.1 Å². The van der Waals surface area contributed by atoms with Gasteiger partial charge in [-0.25, -0.2) is 0 Å². The largest absolute Gasteiger partial charge is 0.355 e. The van der Waals surface area contributed by atoms with Crippen LogP contribution in [0.5, 0.6) is 0 Å². The van der Waals surface area contributed by atoms with Crippen LogP contribution in [0.25, 0.3) is 0 Å². The molecule has 0 spiro atoms. The minimum Gasteiger partial charge on any atom is -0.355 e. The number of amides is 1. The van der Waals surface area contributed by atoms with Crippen molar-refractivity contribution in [1.29, 1.82) is 0 Å². The summed E-state index contributed by atoms with van der Waals surface area (Å²) in [5.74, 6) is 0.395.